The molecule has 1 aromatic carbocycles. The summed E-state index contributed by atoms with van der Waals surface area (Å²) in [5.41, 5.74) is 2.40. The molecule has 0 heterocycles. The van der Waals surface area contributed by atoms with E-state index in [-0.39, 0.29) is 5.41 Å². The summed E-state index contributed by atoms with van der Waals surface area (Å²) in [6.07, 6.45) is 3.14. The van der Waals surface area contributed by atoms with Crippen LogP contribution in [0.4, 0.5) is 0 Å². The average molecular weight is 289 g/mol. The maximum absolute atomic E-state index is 6.21. The Bertz CT molecular complexity index is 348. The Morgan fingerprint density at radius 1 is 1.17 bits per heavy atom. The standard InChI is InChI=1S/C15H22Cl2O/c1-13-6-5-7-14(10-13)15(11-16,12-17)8-3-4-9-18-2/h5-7,10H,3-4,8-9,11-12H2,1-2H3. The van der Waals surface area contributed by atoms with Gasteiger partial charge in [0.05, 0.1) is 0 Å². The van der Waals surface area contributed by atoms with E-state index in [1.54, 1.807) is 7.11 Å². The van der Waals surface area contributed by atoms with Gasteiger partial charge in [0.25, 0.3) is 0 Å². The van der Waals surface area contributed by atoms with E-state index in [1.807, 2.05) is 0 Å². The Kier molecular flexibility index (Phi) is 7.06. The first-order valence-corrected chi connectivity index (χ1v) is 7.43. The molecular weight excluding hydrogens is 267 g/mol. The first kappa shape index (κ1) is 15.8. The monoisotopic (exact) mass is 288 g/mol. The van der Waals surface area contributed by atoms with Crippen molar-refractivity contribution in [1.82, 2.24) is 0 Å². The lowest BCUT2D eigenvalue weighted by molar-refractivity contribution is 0.190. The lowest BCUT2D eigenvalue weighted by atomic mass is 9.79. The van der Waals surface area contributed by atoms with E-state index >= 15 is 0 Å². The third-order valence-corrected chi connectivity index (χ3v) is 4.42. The van der Waals surface area contributed by atoms with E-state index in [4.69, 9.17) is 27.9 Å². The molecule has 0 saturated carbocycles. The van der Waals surface area contributed by atoms with Crippen LogP contribution in [0.25, 0.3) is 0 Å². The number of methoxy groups -OCH3 is 1. The minimum atomic E-state index is -0.108. The fourth-order valence-corrected chi connectivity index (χ4v) is 3.01. The number of alkyl halides is 2. The highest BCUT2D eigenvalue weighted by Crippen LogP contribution is 2.33. The minimum Gasteiger partial charge on any atom is -0.385 e. The predicted molar refractivity (Wildman–Crippen MR) is 80.0 cm³/mol. The van der Waals surface area contributed by atoms with Gasteiger partial charge >= 0.3 is 0 Å². The Labute approximate surface area is 120 Å². The van der Waals surface area contributed by atoms with Gasteiger partial charge in [-0.25, -0.2) is 0 Å². The summed E-state index contributed by atoms with van der Waals surface area (Å²) in [5, 5.41) is 0. The normalized spacial score (nSPS) is 11.8. The van der Waals surface area contributed by atoms with Crippen molar-refractivity contribution in [3.8, 4) is 0 Å². The number of rotatable bonds is 8. The Balaban J connectivity index is 2.79. The second-order valence-electron chi connectivity index (χ2n) is 4.87. The van der Waals surface area contributed by atoms with Gasteiger partial charge in [0.1, 0.15) is 0 Å². The van der Waals surface area contributed by atoms with Gasteiger partial charge in [0.15, 0.2) is 0 Å². The van der Waals surface area contributed by atoms with Crippen LogP contribution in [0.15, 0.2) is 24.3 Å². The Hall–Kier alpha value is -0.240. The summed E-state index contributed by atoms with van der Waals surface area (Å²) in [6, 6.07) is 8.50. The largest absolute Gasteiger partial charge is 0.385 e. The zero-order chi connectivity index (χ0) is 13.4. The van der Waals surface area contributed by atoms with Crippen molar-refractivity contribution >= 4 is 23.2 Å². The molecule has 0 aliphatic carbocycles. The zero-order valence-corrected chi connectivity index (χ0v) is 12.7. The number of aryl methyl sites for hydroxylation is 1. The SMILES string of the molecule is COCCCCC(CCl)(CCl)c1cccc(C)c1. The molecule has 0 aliphatic rings. The van der Waals surface area contributed by atoms with Crippen molar-refractivity contribution in [3.05, 3.63) is 35.4 Å². The van der Waals surface area contributed by atoms with Crippen molar-refractivity contribution in [1.29, 1.82) is 0 Å². The average Bonchev–Trinajstić information content (AvgIpc) is 2.40. The fourth-order valence-electron chi connectivity index (χ4n) is 2.15. The quantitative estimate of drug-likeness (QED) is 0.505. The molecule has 102 valence electrons. The predicted octanol–water partition coefficient (Wildman–Crippen LogP) is 4.53. The lowest BCUT2D eigenvalue weighted by Gasteiger charge is -2.30. The summed E-state index contributed by atoms with van der Waals surface area (Å²) in [4.78, 5) is 0. The molecule has 0 spiro atoms. The van der Waals surface area contributed by atoms with Crippen LogP contribution < -0.4 is 0 Å². The molecule has 0 amide bonds. The number of unbranched alkanes of at least 4 members (excludes halogenated alkanes) is 1. The first-order chi connectivity index (χ1) is 8.68. The van der Waals surface area contributed by atoms with E-state index < -0.39 is 0 Å². The number of ether oxygens (including phenoxy) is 1. The zero-order valence-electron chi connectivity index (χ0n) is 11.2. The molecule has 1 nitrogen and oxygen atoms in total. The van der Waals surface area contributed by atoms with Gasteiger partial charge in [-0.1, -0.05) is 36.2 Å². The number of benzene rings is 1. The molecule has 0 saturated heterocycles. The van der Waals surface area contributed by atoms with Crippen LogP contribution in [0.2, 0.25) is 0 Å². The van der Waals surface area contributed by atoms with Crippen LogP contribution in [0, 0.1) is 6.92 Å². The molecule has 0 aliphatic heterocycles. The topological polar surface area (TPSA) is 9.23 Å². The van der Waals surface area contributed by atoms with E-state index in [1.165, 1.54) is 11.1 Å². The molecule has 0 radical (unpaired) electrons. The third kappa shape index (κ3) is 4.15. The van der Waals surface area contributed by atoms with Gasteiger partial charge in [-0.2, -0.15) is 0 Å². The van der Waals surface area contributed by atoms with Crippen molar-refractivity contribution in [2.75, 3.05) is 25.5 Å². The van der Waals surface area contributed by atoms with Crippen LogP contribution in [0.3, 0.4) is 0 Å². The number of halogens is 2. The fraction of sp³-hybridized carbons (Fsp3) is 0.600. The van der Waals surface area contributed by atoms with Gasteiger partial charge < -0.3 is 4.74 Å². The summed E-state index contributed by atoms with van der Waals surface area (Å²) in [7, 11) is 1.73. The second kappa shape index (κ2) is 8.04. The van der Waals surface area contributed by atoms with Crippen LogP contribution in [-0.4, -0.2) is 25.5 Å². The van der Waals surface area contributed by atoms with Gasteiger partial charge in [0, 0.05) is 30.9 Å². The maximum atomic E-state index is 6.21. The van der Waals surface area contributed by atoms with Crippen molar-refractivity contribution in [2.24, 2.45) is 0 Å². The smallest absolute Gasteiger partial charge is 0.0462 e. The number of hydrogen-bond donors (Lipinski definition) is 0. The highest BCUT2D eigenvalue weighted by Gasteiger charge is 2.30. The summed E-state index contributed by atoms with van der Waals surface area (Å²) in [5.74, 6) is 1.12. The van der Waals surface area contributed by atoms with Crippen LogP contribution in [-0.2, 0) is 10.2 Å². The first-order valence-electron chi connectivity index (χ1n) is 6.36. The molecule has 0 fully saturated rings. The molecular formula is C15H22Cl2O. The van der Waals surface area contributed by atoms with E-state index in [9.17, 15) is 0 Å². The van der Waals surface area contributed by atoms with Crippen LogP contribution >= 0.6 is 23.2 Å². The molecule has 0 unspecified atom stereocenters. The minimum absolute atomic E-state index is 0.108. The highest BCUT2D eigenvalue weighted by atomic mass is 35.5. The number of hydrogen-bond acceptors (Lipinski definition) is 1. The summed E-state index contributed by atoms with van der Waals surface area (Å²) >= 11 is 12.4. The highest BCUT2D eigenvalue weighted by molar-refractivity contribution is 6.22. The summed E-state index contributed by atoms with van der Waals surface area (Å²) in [6.45, 7) is 2.90. The van der Waals surface area contributed by atoms with E-state index in [0.29, 0.717) is 11.8 Å². The summed E-state index contributed by atoms with van der Waals surface area (Å²) < 4.78 is 5.08. The molecule has 0 atom stereocenters. The molecule has 18 heavy (non-hydrogen) atoms. The molecule has 0 bridgehead atoms. The lowest BCUT2D eigenvalue weighted by Crippen LogP contribution is -2.30. The van der Waals surface area contributed by atoms with Crippen molar-refractivity contribution < 1.29 is 4.74 Å². The van der Waals surface area contributed by atoms with E-state index in [0.717, 1.165) is 25.9 Å². The van der Waals surface area contributed by atoms with Gasteiger partial charge in [-0.05, 0) is 25.3 Å². The van der Waals surface area contributed by atoms with Crippen molar-refractivity contribution in [2.45, 2.75) is 31.6 Å². The molecule has 1 rings (SSSR count). The molecule has 1 aromatic rings. The van der Waals surface area contributed by atoms with E-state index in [2.05, 4.69) is 31.2 Å². The van der Waals surface area contributed by atoms with Gasteiger partial charge in [0.2, 0.25) is 0 Å². The van der Waals surface area contributed by atoms with Crippen LogP contribution in [0.5, 0.6) is 0 Å². The van der Waals surface area contributed by atoms with Gasteiger partial charge in [-0.15, -0.1) is 23.2 Å². The maximum Gasteiger partial charge on any atom is 0.0462 e. The third-order valence-electron chi connectivity index (χ3n) is 3.40. The van der Waals surface area contributed by atoms with Gasteiger partial charge in [-0.3, -0.25) is 0 Å². The second-order valence-corrected chi connectivity index (χ2v) is 5.40. The Morgan fingerprint density at radius 3 is 2.44 bits per heavy atom. The Morgan fingerprint density at radius 2 is 1.89 bits per heavy atom. The van der Waals surface area contributed by atoms with Crippen molar-refractivity contribution in [3.63, 3.8) is 0 Å². The molecule has 0 N–H and O–H groups in total. The molecule has 3 heteroatoms. The molecule has 0 aromatic heterocycles. The van der Waals surface area contributed by atoms with Crippen LogP contribution in [0.1, 0.15) is 30.4 Å².